The van der Waals surface area contributed by atoms with Gasteiger partial charge in [-0.2, -0.15) is 0 Å². The second-order valence-electron chi connectivity index (χ2n) is 5.80. The number of hydrogen-bond acceptors (Lipinski definition) is 3. The molecule has 3 heteroatoms. The van der Waals surface area contributed by atoms with Crippen LogP contribution in [0.5, 0.6) is 0 Å². The van der Waals surface area contributed by atoms with Crippen LogP contribution in [0.1, 0.15) is 55.2 Å². The van der Waals surface area contributed by atoms with E-state index in [9.17, 15) is 0 Å². The average molecular weight is 252 g/mol. The molecule has 0 spiro atoms. The van der Waals surface area contributed by atoms with Gasteiger partial charge in [0.15, 0.2) is 0 Å². The van der Waals surface area contributed by atoms with Gasteiger partial charge in [0.25, 0.3) is 0 Å². The third-order valence-electron chi connectivity index (χ3n) is 4.21. The van der Waals surface area contributed by atoms with Crippen LogP contribution in [-0.2, 0) is 0 Å². The Morgan fingerprint density at radius 2 is 1.94 bits per heavy atom. The van der Waals surface area contributed by atoms with Crippen molar-refractivity contribution < 1.29 is 0 Å². The molecule has 0 amide bonds. The molecule has 0 aromatic carbocycles. The first kappa shape index (κ1) is 13.0. The topological polar surface area (TPSA) is 24.9 Å². The maximum absolute atomic E-state index is 4.51. The molecule has 2 rings (SSSR count). The average Bonchev–Trinajstić information content (AvgIpc) is 2.97. The molecular formula is C14H24N2S. The normalized spacial score (nSPS) is 19.6. The van der Waals surface area contributed by atoms with Gasteiger partial charge in [-0.25, -0.2) is 4.98 Å². The third-order valence-corrected chi connectivity index (χ3v) is 5.47. The van der Waals surface area contributed by atoms with E-state index in [2.05, 4.69) is 44.9 Å². The van der Waals surface area contributed by atoms with E-state index in [1.54, 1.807) is 0 Å². The van der Waals surface area contributed by atoms with E-state index in [-0.39, 0.29) is 0 Å². The molecule has 96 valence electrons. The highest BCUT2D eigenvalue weighted by atomic mass is 32.1. The van der Waals surface area contributed by atoms with Crippen molar-refractivity contribution in [1.82, 2.24) is 10.3 Å². The number of aromatic nitrogens is 1. The monoisotopic (exact) mass is 252 g/mol. The quantitative estimate of drug-likeness (QED) is 0.861. The van der Waals surface area contributed by atoms with Crippen molar-refractivity contribution in [2.45, 2.75) is 53.5 Å². The molecule has 1 heterocycles. The van der Waals surface area contributed by atoms with Gasteiger partial charge in [-0.1, -0.05) is 13.8 Å². The van der Waals surface area contributed by atoms with Crippen LogP contribution in [0.15, 0.2) is 0 Å². The molecular weight excluding hydrogens is 228 g/mol. The summed E-state index contributed by atoms with van der Waals surface area (Å²) in [5.74, 6) is 0.798. The molecule has 1 aliphatic carbocycles. The molecule has 0 aliphatic heterocycles. The summed E-state index contributed by atoms with van der Waals surface area (Å²) in [5, 5.41) is 4.88. The lowest BCUT2D eigenvalue weighted by atomic mass is 9.92. The molecule has 1 fully saturated rings. The van der Waals surface area contributed by atoms with E-state index in [0.29, 0.717) is 11.5 Å². The Bertz CT molecular complexity index is 391. The molecule has 1 saturated carbocycles. The summed E-state index contributed by atoms with van der Waals surface area (Å²) in [4.78, 5) is 5.91. The first-order valence-electron chi connectivity index (χ1n) is 6.62. The van der Waals surface area contributed by atoms with Crippen molar-refractivity contribution >= 4 is 11.3 Å². The molecule has 1 atom stereocenters. The molecule has 0 saturated heterocycles. The summed E-state index contributed by atoms with van der Waals surface area (Å²) in [6.45, 7) is 12.3. The van der Waals surface area contributed by atoms with Crippen LogP contribution in [0, 0.1) is 25.2 Å². The van der Waals surface area contributed by atoms with Crippen molar-refractivity contribution in [1.29, 1.82) is 0 Å². The molecule has 2 nitrogen and oxygen atoms in total. The zero-order chi connectivity index (χ0) is 12.6. The zero-order valence-corrected chi connectivity index (χ0v) is 12.4. The second kappa shape index (κ2) is 4.69. The van der Waals surface area contributed by atoms with Crippen LogP contribution in [0.3, 0.4) is 0 Å². The summed E-state index contributed by atoms with van der Waals surface area (Å²) >= 11 is 1.83. The first-order valence-corrected chi connectivity index (χ1v) is 7.43. The lowest BCUT2D eigenvalue weighted by Crippen LogP contribution is -2.29. The van der Waals surface area contributed by atoms with Crippen molar-refractivity contribution in [2.75, 3.05) is 6.54 Å². The second-order valence-corrected chi connectivity index (χ2v) is 7.04. The van der Waals surface area contributed by atoms with Crippen LogP contribution in [0.25, 0.3) is 0 Å². The van der Waals surface area contributed by atoms with E-state index < -0.39 is 0 Å². The van der Waals surface area contributed by atoms with Gasteiger partial charge in [-0.15, -0.1) is 11.3 Å². The van der Waals surface area contributed by atoms with E-state index in [4.69, 9.17) is 0 Å². The van der Waals surface area contributed by atoms with E-state index in [1.807, 2.05) is 11.3 Å². The SMILES string of the molecule is Cc1nc(C)c(C(C)NCC2(C(C)C)CC2)s1. The molecule has 1 aromatic heterocycles. The molecule has 0 bridgehead atoms. The minimum absolute atomic E-state index is 0.442. The van der Waals surface area contributed by atoms with Crippen LogP contribution < -0.4 is 5.32 Å². The smallest absolute Gasteiger partial charge is 0.0900 e. The molecule has 1 unspecified atom stereocenters. The Kier molecular flexibility index (Phi) is 3.60. The highest BCUT2D eigenvalue weighted by molar-refractivity contribution is 7.11. The molecule has 17 heavy (non-hydrogen) atoms. The fraction of sp³-hybridized carbons (Fsp3) is 0.786. The Balaban J connectivity index is 1.94. The Labute approximate surface area is 109 Å². The van der Waals surface area contributed by atoms with Gasteiger partial charge in [0.2, 0.25) is 0 Å². The lowest BCUT2D eigenvalue weighted by molar-refractivity contribution is 0.325. The predicted molar refractivity (Wildman–Crippen MR) is 74.5 cm³/mol. The summed E-state index contributed by atoms with van der Waals surface area (Å²) in [5.41, 5.74) is 1.78. The molecule has 0 radical (unpaired) electrons. The summed E-state index contributed by atoms with van der Waals surface area (Å²) in [6, 6.07) is 0.442. The minimum Gasteiger partial charge on any atom is -0.309 e. The van der Waals surface area contributed by atoms with Crippen molar-refractivity contribution in [3.05, 3.63) is 15.6 Å². The van der Waals surface area contributed by atoms with E-state index in [0.717, 1.165) is 12.5 Å². The number of hydrogen-bond donors (Lipinski definition) is 1. The molecule has 1 N–H and O–H groups in total. The molecule has 1 aromatic rings. The van der Waals surface area contributed by atoms with Crippen molar-refractivity contribution in [3.8, 4) is 0 Å². The number of aryl methyl sites for hydroxylation is 2. The Morgan fingerprint density at radius 1 is 1.29 bits per heavy atom. The van der Waals surface area contributed by atoms with Crippen molar-refractivity contribution in [3.63, 3.8) is 0 Å². The minimum atomic E-state index is 0.442. The standard InChI is InChI=1S/C14H24N2S/c1-9(2)14(6-7-14)8-15-10(3)13-11(4)16-12(5)17-13/h9-10,15H,6-8H2,1-5H3. The highest BCUT2D eigenvalue weighted by Gasteiger charge is 2.44. The van der Waals surface area contributed by atoms with Gasteiger partial charge in [0.1, 0.15) is 0 Å². The maximum Gasteiger partial charge on any atom is 0.0900 e. The maximum atomic E-state index is 4.51. The Morgan fingerprint density at radius 3 is 2.35 bits per heavy atom. The number of nitrogens with one attached hydrogen (secondary N) is 1. The van der Waals surface area contributed by atoms with Gasteiger partial charge in [0.05, 0.1) is 10.7 Å². The van der Waals surface area contributed by atoms with Gasteiger partial charge < -0.3 is 5.32 Å². The van der Waals surface area contributed by atoms with Crippen LogP contribution >= 0.6 is 11.3 Å². The van der Waals surface area contributed by atoms with Gasteiger partial charge in [0, 0.05) is 17.5 Å². The van der Waals surface area contributed by atoms with Gasteiger partial charge in [-0.05, 0) is 44.9 Å². The number of thiazole rings is 1. The molecule has 1 aliphatic rings. The van der Waals surface area contributed by atoms with E-state index >= 15 is 0 Å². The van der Waals surface area contributed by atoms with Gasteiger partial charge in [-0.3, -0.25) is 0 Å². The summed E-state index contributed by atoms with van der Waals surface area (Å²) < 4.78 is 0. The third kappa shape index (κ3) is 2.71. The first-order chi connectivity index (χ1) is 7.94. The van der Waals surface area contributed by atoms with Gasteiger partial charge >= 0.3 is 0 Å². The zero-order valence-electron chi connectivity index (χ0n) is 11.6. The highest BCUT2D eigenvalue weighted by Crippen LogP contribution is 2.51. The van der Waals surface area contributed by atoms with Crippen molar-refractivity contribution in [2.24, 2.45) is 11.3 Å². The fourth-order valence-corrected chi connectivity index (χ4v) is 3.47. The number of nitrogens with zero attached hydrogens (tertiary/aromatic N) is 1. The van der Waals surface area contributed by atoms with Crippen LogP contribution in [-0.4, -0.2) is 11.5 Å². The summed E-state index contributed by atoms with van der Waals surface area (Å²) in [7, 11) is 0. The fourth-order valence-electron chi connectivity index (χ4n) is 2.52. The van der Waals surface area contributed by atoms with Crippen LogP contribution in [0.4, 0.5) is 0 Å². The number of rotatable bonds is 5. The largest absolute Gasteiger partial charge is 0.309 e. The Hall–Kier alpha value is -0.410. The summed E-state index contributed by atoms with van der Waals surface area (Å²) in [6.07, 6.45) is 2.79. The van der Waals surface area contributed by atoms with E-state index in [1.165, 1.54) is 28.4 Å². The van der Waals surface area contributed by atoms with Crippen LogP contribution in [0.2, 0.25) is 0 Å². The lowest BCUT2D eigenvalue weighted by Gasteiger charge is -2.23. The predicted octanol–water partition coefficient (Wildman–Crippen LogP) is 3.85.